The van der Waals surface area contributed by atoms with E-state index in [9.17, 15) is 5.11 Å². The number of benzene rings is 1. The summed E-state index contributed by atoms with van der Waals surface area (Å²) >= 11 is 0. The Labute approximate surface area is 110 Å². The molecule has 2 atom stereocenters. The Bertz CT molecular complexity index is 404. The van der Waals surface area contributed by atoms with E-state index >= 15 is 0 Å². The quantitative estimate of drug-likeness (QED) is 0.855. The van der Waals surface area contributed by atoms with Gasteiger partial charge in [-0.2, -0.15) is 0 Å². The van der Waals surface area contributed by atoms with Gasteiger partial charge < -0.3 is 5.11 Å². The number of hydrogen-bond acceptors (Lipinski definition) is 1. The van der Waals surface area contributed by atoms with Crippen molar-refractivity contribution in [2.45, 2.75) is 57.5 Å². The predicted octanol–water partition coefficient (Wildman–Crippen LogP) is 3.87. The van der Waals surface area contributed by atoms with Crippen molar-refractivity contribution in [3.63, 3.8) is 0 Å². The number of aryl methyl sites for hydroxylation is 1. The molecule has 1 heteroatoms. The molecule has 0 aromatic heterocycles. The summed E-state index contributed by atoms with van der Waals surface area (Å²) in [4.78, 5) is 0. The van der Waals surface area contributed by atoms with E-state index in [0.29, 0.717) is 0 Å². The van der Waals surface area contributed by atoms with Crippen molar-refractivity contribution >= 4 is 0 Å². The second-order valence-electron chi connectivity index (χ2n) is 6.58. The van der Waals surface area contributed by atoms with Crippen molar-refractivity contribution in [3.8, 4) is 0 Å². The smallest absolute Gasteiger partial charge is 0.0690 e. The fourth-order valence-electron chi connectivity index (χ4n) is 3.60. The molecule has 0 spiro atoms. The summed E-state index contributed by atoms with van der Waals surface area (Å²) in [6, 6.07) is 8.65. The van der Waals surface area contributed by atoms with E-state index < -0.39 is 5.60 Å². The van der Waals surface area contributed by atoms with E-state index in [4.69, 9.17) is 0 Å². The fourth-order valence-corrected chi connectivity index (χ4v) is 3.60. The van der Waals surface area contributed by atoms with Crippen molar-refractivity contribution in [1.82, 2.24) is 0 Å². The molecule has 2 fully saturated rings. The first-order chi connectivity index (χ1) is 8.65. The third-order valence-corrected chi connectivity index (χ3v) is 4.80. The Balaban J connectivity index is 1.67. The minimum atomic E-state index is -0.430. The zero-order chi connectivity index (χ0) is 12.6. The molecule has 0 bridgehead atoms. The van der Waals surface area contributed by atoms with Crippen LogP contribution in [0, 0.1) is 18.8 Å². The zero-order valence-electron chi connectivity index (χ0n) is 11.4. The molecule has 0 amide bonds. The van der Waals surface area contributed by atoms with E-state index in [2.05, 4.69) is 31.2 Å². The first-order valence-electron chi connectivity index (χ1n) is 7.43. The van der Waals surface area contributed by atoms with Gasteiger partial charge in [-0.1, -0.05) is 36.2 Å². The Kier molecular flexibility index (Phi) is 3.19. The van der Waals surface area contributed by atoms with E-state index in [0.717, 1.165) is 31.1 Å². The van der Waals surface area contributed by atoms with E-state index in [1.165, 1.54) is 36.8 Å². The zero-order valence-corrected chi connectivity index (χ0v) is 11.4. The van der Waals surface area contributed by atoms with Gasteiger partial charge in [-0.15, -0.1) is 0 Å². The summed E-state index contributed by atoms with van der Waals surface area (Å²) in [5, 5.41) is 10.8. The van der Waals surface area contributed by atoms with E-state index in [-0.39, 0.29) is 0 Å². The summed E-state index contributed by atoms with van der Waals surface area (Å²) in [6.07, 6.45) is 8.24. The molecular weight excluding hydrogens is 220 g/mol. The van der Waals surface area contributed by atoms with Gasteiger partial charge >= 0.3 is 0 Å². The molecule has 0 heterocycles. The van der Waals surface area contributed by atoms with Crippen LogP contribution >= 0.6 is 0 Å². The van der Waals surface area contributed by atoms with Gasteiger partial charge in [-0.05, 0) is 56.4 Å². The lowest BCUT2D eigenvalue weighted by Gasteiger charge is -2.37. The van der Waals surface area contributed by atoms with Crippen LogP contribution in [-0.2, 0) is 6.42 Å². The van der Waals surface area contributed by atoms with Crippen molar-refractivity contribution in [3.05, 3.63) is 35.4 Å². The Morgan fingerprint density at radius 2 is 1.83 bits per heavy atom. The lowest BCUT2D eigenvalue weighted by molar-refractivity contribution is -0.0195. The van der Waals surface area contributed by atoms with Crippen LogP contribution in [0.25, 0.3) is 0 Å². The van der Waals surface area contributed by atoms with Crippen molar-refractivity contribution in [2.24, 2.45) is 11.8 Å². The minimum absolute atomic E-state index is 0.430. The Morgan fingerprint density at radius 3 is 2.50 bits per heavy atom. The molecule has 18 heavy (non-hydrogen) atoms. The summed E-state index contributed by atoms with van der Waals surface area (Å²) in [5.41, 5.74) is 2.16. The first-order valence-corrected chi connectivity index (χ1v) is 7.43. The van der Waals surface area contributed by atoms with Gasteiger partial charge in [0.05, 0.1) is 5.60 Å². The molecular formula is C17H24O. The highest BCUT2D eigenvalue weighted by Gasteiger charge is 2.40. The molecule has 1 nitrogen and oxygen atoms in total. The maximum absolute atomic E-state index is 10.8. The van der Waals surface area contributed by atoms with Crippen LogP contribution in [-0.4, -0.2) is 10.7 Å². The third kappa shape index (κ3) is 2.77. The monoisotopic (exact) mass is 244 g/mol. The summed E-state index contributed by atoms with van der Waals surface area (Å²) in [7, 11) is 0. The molecule has 0 saturated heterocycles. The maximum Gasteiger partial charge on any atom is 0.0690 e. The highest BCUT2D eigenvalue weighted by Crippen LogP contribution is 2.47. The topological polar surface area (TPSA) is 20.2 Å². The average molecular weight is 244 g/mol. The van der Waals surface area contributed by atoms with Crippen LogP contribution in [0.5, 0.6) is 0 Å². The van der Waals surface area contributed by atoms with Gasteiger partial charge in [0.15, 0.2) is 0 Å². The normalized spacial score (nSPS) is 32.4. The van der Waals surface area contributed by atoms with Crippen LogP contribution in [0.2, 0.25) is 0 Å². The molecule has 1 aromatic carbocycles. The molecule has 1 N–H and O–H groups in total. The van der Waals surface area contributed by atoms with Crippen LogP contribution < -0.4 is 0 Å². The number of rotatable bonds is 3. The SMILES string of the molecule is Cc1ccc(CC2(O)CCCC(C3CC3)C2)cc1. The molecule has 98 valence electrons. The molecule has 0 radical (unpaired) electrons. The van der Waals surface area contributed by atoms with Gasteiger partial charge in [0, 0.05) is 6.42 Å². The van der Waals surface area contributed by atoms with Crippen molar-refractivity contribution < 1.29 is 5.11 Å². The fraction of sp³-hybridized carbons (Fsp3) is 0.647. The molecule has 0 aliphatic heterocycles. The largest absolute Gasteiger partial charge is 0.390 e. The number of aliphatic hydroxyl groups is 1. The summed E-state index contributed by atoms with van der Waals surface area (Å²) < 4.78 is 0. The van der Waals surface area contributed by atoms with Gasteiger partial charge in [0.1, 0.15) is 0 Å². The average Bonchev–Trinajstić information content (AvgIpc) is 3.16. The lowest BCUT2D eigenvalue weighted by Crippen LogP contribution is -2.38. The Morgan fingerprint density at radius 1 is 1.11 bits per heavy atom. The lowest BCUT2D eigenvalue weighted by atomic mass is 9.73. The summed E-state index contributed by atoms with van der Waals surface area (Å²) in [5.74, 6) is 1.74. The van der Waals surface area contributed by atoms with Gasteiger partial charge in [-0.3, -0.25) is 0 Å². The van der Waals surface area contributed by atoms with Crippen LogP contribution in [0.1, 0.15) is 49.7 Å². The van der Waals surface area contributed by atoms with Crippen LogP contribution in [0.4, 0.5) is 0 Å². The minimum Gasteiger partial charge on any atom is -0.390 e. The molecule has 2 unspecified atom stereocenters. The first kappa shape index (κ1) is 12.2. The second kappa shape index (κ2) is 4.70. The number of hydrogen-bond donors (Lipinski definition) is 1. The van der Waals surface area contributed by atoms with Gasteiger partial charge in [0.2, 0.25) is 0 Å². The predicted molar refractivity (Wildman–Crippen MR) is 74.5 cm³/mol. The standard InChI is InChI=1S/C17H24O/c1-13-4-6-14(7-5-13)11-17(18)10-2-3-16(12-17)15-8-9-15/h4-7,15-16,18H,2-3,8-12H2,1H3. The molecule has 2 aliphatic carbocycles. The molecule has 2 saturated carbocycles. The van der Waals surface area contributed by atoms with Gasteiger partial charge in [0.25, 0.3) is 0 Å². The van der Waals surface area contributed by atoms with Crippen LogP contribution in [0.15, 0.2) is 24.3 Å². The molecule has 3 rings (SSSR count). The molecule has 1 aromatic rings. The molecule has 2 aliphatic rings. The Hall–Kier alpha value is -0.820. The van der Waals surface area contributed by atoms with E-state index in [1.807, 2.05) is 0 Å². The van der Waals surface area contributed by atoms with Crippen molar-refractivity contribution in [1.29, 1.82) is 0 Å². The summed E-state index contributed by atoms with van der Waals surface area (Å²) in [6.45, 7) is 2.11. The van der Waals surface area contributed by atoms with E-state index in [1.54, 1.807) is 0 Å². The second-order valence-corrected chi connectivity index (χ2v) is 6.58. The van der Waals surface area contributed by atoms with Gasteiger partial charge in [-0.25, -0.2) is 0 Å². The maximum atomic E-state index is 10.8. The highest BCUT2D eigenvalue weighted by atomic mass is 16.3. The van der Waals surface area contributed by atoms with Crippen LogP contribution in [0.3, 0.4) is 0 Å². The highest BCUT2D eigenvalue weighted by molar-refractivity contribution is 5.23. The third-order valence-electron chi connectivity index (χ3n) is 4.80. The van der Waals surface area contributed by atoms with Crippen molar-refractivity contribution in [2.75, 3.05) is 0 Å².